The molecule has 1 aliphatic heterocycles. The van der Waals surface area contributed by atoms with Gasteiger partial charge in [-0.3, -0.25) is 4.79 Å². The molecule has 0 spiro atoms. The standard InChI is InChI=1S/C16H26N4O/c1-3-9-20-10-6-14(7-11-20)19-16(21)13-5-8-18-15(12-13)17-4-2/h5,8,12,14H,3-4,6-7,9-11H2,1-2H3,(H,17,18)(H,19,21). The number of anilines is 1. The summed E-state index contributed by atoms with van der Waals surface area (Å²) in [6, 6.07) is 3.87. The third kappa shape index (κ3) is 4.70. The van der Waals surface area contributed by atoms with Crippen molar-refractivity contribution in [2.45, 2.75) is 39.2 Å². The SMILES string of the molecule is CCCN1CCC(NC(=O)c2ccnc(NCC)c2)CC1. The monoisotopic (exact) mass is 290 g/mol. The maximum absolute atomic E-state index is 12.3. The van der Waals surface area contributed by atoms with E-state index in [0.29, 0.717) is 11.6 Å². The van der Waals surface area contributed by atoms with Crippen molar-refractivity contribution in [2.24, 2.45) is 0 Å². The number of carbonyl (C=O) groups excluding carboxylic acids is 1. The molecule has 0 unspecified atom stereocenters. The summed E-state index contributed by atoms with van der Waals surface area (Å²) in [5.74, 6) is 0.758. The lowest BCUT2D eigenvalue weighted by molar-refractivity contribution is 0.0911. The summed E-state index contributed by atoms with van der Waals surface area (Å²) >= 11 is 0. The van der Waals surface area contributed by atoms with Gasteiger partial charge in [-0.2, -0.15) is 0 Å². The zero-order valence-corrected chi connectivity index (χ0v) is 13.1. The van der Waals surface area contributed by atoms with Crippen molar-refractivity contribution < 1.29 is 4.79 Å². The highest BCUT2D eigenvalue weighted by molar-refractivity contribution is 5.95. The van der Waals surface area contributed by atoms with Gasteiger partial charge in [0.2, 0.25) is 0 Å². The van der Waals surface area contributed by atoms with Crippen LogP contribution < -0.4 is 10.6 Å². The summed E-state index contributed by atoms with van der Waals surface area (Å²) in [6.07, 6.45) is 4.95. The second-order valence-corrected chi connectivity index (χ2v) is 5.55. The first-order valence-corrected chi connectivity index (χ1v) is 7.96. The van der Waals surface area contributed by atoms with E-state index >= 15 is 0 Å². The molecule has 21 heavy (non-hydrogen) atoms. The van der Waals surface area contributed by atoms with Crippen LogP contribution in [0.1, 0.15) is 43.5 Å². The molecular weight excluding hydrogens is 264 g/mol. The number of rotatable bonds is 6. The predicted molar refractivity (Wildman–Crippen MR) is 85.6 cm³/mol. The van der Waals surface area contributed by atoms with E-state index in [0.717, 1.165) is 44.8 Å². The number of piperidine rings is 1. The van der Waals surface area contributed by atoms with Gasteiger partial charge in [-0.25, -0.2) is 4.98 Å². The number of aromatic nitrogens is 1. The first kappa shape index (κ1) is 15.8. The average molecular weight is 290 g/mol. The fourth-order valence-electron chi connectivity index (χ4n) is 2.74. The van der Waals surface area contributed by atoms with Gasteiger partial charge in [-0.1, -0.05) is 6.92 Å². The van der Waals surface area contributed by atoms with Gasteiger partial charge in [0.25, 0.3) is 5.91 Å². The third-order valence-corrected chi connectivity index (χ3v) is 3.84. The van der Waals surface area contributed by atoms with Crippen molar-refractivity contribution in [3.05, 3.63) is 23.9 Å². The van der Waals surface area contributed by atoms with Crippen LogP contribution in [-0.4, -0.2) is 48.0 Å². The molecule has 1 aromatic rings. The predicted octanol–water partition coefficient (Wildman–Crippen LogP) is 2.12. The molecule has 1 fully saturated rings. The molecule has 2 N–H and O–H groups in total. The van der Waals surface area contributed by atoms with Crippen LogP contribution in [0.2, 0.25) is 0 Å². The number of nitrogens with zero attached hydrogens (tertiary/aromatic N) is 2. The van der Waals surface area contributed by atoms with Crippen molar-refractivity contribution >= 4 is 11.7 Å². The van der Waals surface area contributed by atoms with Crippen LogP contribution in [0.3, 0.4) is 0 Å². The van der Waals surface area contributed by atoms with Crippen LogP contribution in [0.15, 0.2) is 18.3 Å². The molecule has 2 heterocycles. The number of hydrogen-bond donors (Lipinski definition) is 2. The molecule has 1 amide bonds. The van der Waals surface area contributed by atoms with E-state index in [2.05, 4.69) is 27.4 Å². The van der Waals surface area contributed by atoms with Gasteiger partial charge in [-0.05, 0) is 44.9 Å². The number of nitrogens with one attached hydrogen (secondary N) is 2. The Morgan fingerprint density at radius 1 is 1.38 bits per heavy atom. The van der Waals surface area contributed by atoms with E-state index < -0.39 is 0 Å². The van der Waals surface area contributed by atoms with Crippen molar-refractivity contribution in [1.29, 1.82) is 0 Å². The lowest BCUT2D eigenvalue weighted by Gasteiger charge is -2.32. The molecule has 0 aromatic carbocycles. The molecule has 0 atom stereocenters. The van der Waals surface area contributed by atoms with Crippen LogP contribution >= 0.6 is 0 Å². The van der Waals surface area contributed by atoms with Crippen molar-refractivity contribution in [3.63, 3.8) is 0 Å². The lowest BCUT2D eigenvalue weighted by Crippen LogP contribution is -2.44. The van der Waals surface area contributed by atoms with Crippen LogP contribution in [0.25, 0.3) is 0 Å². The van der Waals surface area contributed by atoms with Crippen molar-refractivity contribution in [2.75, 3.05) is 31.5 Å². The fourth-order valence-corrected chi connectivity index (χ4v) is 2.74. The average Bonchev–Trinajstić information content (AvgIpc) is 2.50. The third-order valence-electron chi connectivity index (χ3n) is 3.84. The maximum atomic E-state index is 12.3. The second-order valence-electron chi connectivity index (χ2n) is 5.55. The number of pyridine rings is 1. The van der Waals surface area contributed by atoms with Crippen LogP contribution in [0, 0.1) is 0 Å². The number of amides is 1. The molecule has 116 valence electrons. The largest absolute Gasteiger partial charge is 0.370 e. The van der Waals surface area contributed by atoms with Crippen molar-refractivity contribution in [3.8, 4) is 0 Å². The van der Waals surface area contributed by atoms with Gasteiger partial charge in [0, 0.05) is 37.4 Å². The summed E-state index contributed by atoms with van der Waals surface area (Å²) in [7, 11) is 0. The highest BCUT2D eigenvalue weighted by Gasteiger charge is 2.20. The Hall–Kier alpha value is -1.62. The van der Waals surface area contributed by atoms with Gasteiger partial charge >= 0.3 is 0 Å². The van der Waals surface area contributed by atoms with E-state index in [9.17, 15) is 4.79 Å². The lowest BCUT2D eigenvalue weighted by atomic mass is 10.0. The van der Waals surface area contributed by atoms with Gasteiger partial charge in [0.15, 0.2) is 0 Å². The Morgan fingerprint density at radius 2 is 2.14 bits per heavy atom. The molecule has 0 radical (unpaired) electrons. The summed E-state index contributed by atoms with van der Waals surface area (Å²) in [4.78, 5) is 19.0. The van der Waals surface area contributed by atoms with Gasteiger partial charge < -0.3 is 15.5 Å². The Labute approximate surface area is 127 Å². The molecule has 5 heteroatoms. The normalized spacial score (nSPS) is 16.7. The molecule has 0 bridgehead atoms. The molecule has 0 aliphatic carbocycles. The molecule has 2 rings (SSSR count). The smallest absolute Gasteiger partial charge is 0.251 e. The van der Waals surface area contributed by atoms with Gasteiger partial charge in [0.1, 0.15) is 5.82 Å². The van der Waals surface area contributed by atoms with Gasteiger partial charge in [0.05, 0.1) is 0 Å². The van der Waals surface area contributed by atoms with Crippen LogP contribution in [0.5, 0.6) is 0 Å². The zero-order chi connectivity index (χ0) is 15.1. The Kier molecular flexibility index (Phi) is 5.99. The minimum atomic E-state index is 0.00509. The number of likely N-dealkylation sites (tertiary alicyclic amines) is 1. The zero-order valence-electron chi connectivity index (χ0n) is 13.1. The van der Waals surface area contributed by atoms with E-state index in [1.807, 2.05) is 13.0 Å². The van der Waals surface area contributed by atoms with Gasteiger partial charge in [-0.15, -0.1) is 0 Å². The summed E-state index contributed by atoms with van der Waals surface area (Å²) < 4.78 is 0. The molecule has 1 saturated heterocycles. The van der Waals surface area contributed by atoms with E-state index in [1.165, 1.54) is 6.42 Å². The molecule has 5 nitrogen and oxygen atoms in total. The first-order valence-electron chi connectivity index (χ1n) is 7.96. The quantitative estimate of drug-likeness (QED) is 0.842. The summed E-state index contributed by atoms with van der Waals surface area (Å²) in [6.45, 7) is 8.35. The fraction of sp³-hybridized carbons (Fsp3) is 0.625. The highest BCUT2D eigenvalue weighted by atomic mass is 16.1. The molecule has 1 aliphatic rings. The first-order chi connectivity index (χ1) is 10.2. The summed E-state index contributed by atoms with van der Waals surface area (Å²) in [5, 5.41) is 6.27. The Balaban J connectivity index is 1.86. The topological polar surface area (TPSA) is 57.3 Å². The second kappa shape index (κ2) is 7.98. The van der Waals surface area contributed by atoms with E-state index in [1.54, 1.807) is 12.3 Å². The molecular formula is C16H26N4O. The Morgan fingerprint density at radius 3 is 2.81 bits per heavy atom. The van der Waals surface area contributed by atoms with E-state index in [4.69, 9.17) is 0 Å². The highest BCUT2D eigenvalue weighted by Crippen LogP contribution is 2.12. The minimum absolute atomic E-state index is 0.00509. The van der Waals surface area contributed by atoms with E-state index in [-0.39, 0.29) is 5.91 Å². The maximum Gasteiger partial charge on any atom is 0.251 e. The molecule has 1 aromatic heterocycles. The minimum Gasteiger partial charge on any atom is -0.370 e. The number of hydrogen-bond acceptors (Lipinski definition) is 4. The Bertz CT molecular complexity index is 455. The molecule has 0 saturated carbocycles. The van der Waals surface area contributed by atoms with Crippen LogP contribution in [-0.2, 0) is 0 Å². The number of carbonyl (C=O) groups is 1. The summed E-state index contributed by atoms with van der Waals surface area (Å²) in [5.41, 5.74) is 0.678. The van der Waals surface area contributed by atoms with Crippen molar-refractivity contribution in [1.82, 2.24) is 15.2 Å². The van der Waals surface area contributed by atoms with Crippen LogP contribution in [0.4, 0.5) is 5.82 Å².